The van der Waals surface area contributed by atoms with E-state index in [0.29, 0.717) is 27.5 Å². The molecular formula is C28H27F3N4O8. The molecular weight excluding hydrogens is 577 g/mol. The summed E-state index contributed by atoms with van der Waals surface area (Å²) >= 11 is 0. The van der Waals surface area contributed by atoms with Gasteiger partial charge in [0.05, 0.1) is 6.54 Å². The van der Waals surface area contributed by atoms with E-state index in [9.17, 15) is 32.3 Å². The van der Waals surface area contributed by atoms with Crippen LogP contribution in [0.15, 0.2) is 48.7 Å². The number of nitrogen functional groups attached to an aromatic ring is 1. The van der Waals surface area contributed by atoms with Gasteiger partial charge in [0.15, 0.2) is 0 Å². The minimum Gasteiger partial charge on any atom is -0.491 e. The number of benzene rings is 2. The first-order valence-electron chi connectivity index (χ1n) is 12.8. The van der Waals surface area contributed by atoms with E-state index >= 15 is 0 Å². The van der Waals surface area contributed by atoms with Crippen LogP contribution < -0.4 is 15.8 Å². The minimum absolute atomic E-state index is 0.0312. The predicted octanol–water partition coefficient (Wildman–Crippen LogP) is 2.69. The summed E-state index contributed by atoms with van der Waals surface area (Å²) in [4.78, 5) is 62.5. The van der Waals surface area contributed by atoms with Gasteiger partial charge >= 0.3 is 18.1 Å². The number of pyridine rings is 1. The number of anilines is 1. The summed E-state index contributed by atoms with van der Waals surface area (Å²) in [6.45, 7) is 1.73. The molecule has 0 atom stereocenters. The van der Waals surface area contributed by atoms with E-state index in [1.165, 1.54) is 6.20 Å². The number of carbonyl (C=O) groups is 5. The van der Waals surface area contributed by atoms with Crippen LogP contribution in [0.3, 0.4) is 0 Å². The van der Waals surface area contributed by atoms with E-state index in [2.05, 4.69) is 10.3 Å². The standard InChI is InChI=1S/C26H26N4O6.C2HF3O2/c27-23-20-15-22(19(14-21(31)26(34)35)13-18(20)7-8-28-23)36-12-9-29-24(32)16-3-5-17(6-4-16)25(33)30-10-1-2-11-30;3-2(4,5)1(6)7/h3-8,13,15H,1-2,9-12,14H2,(H2,27,28)(H,29,32)(H,34,35);(H,6,7). The second-order valence-corrected chi connectivity index (χ2v) is 9.27. The number of Topliss-reactive ketones (excluding diaryl/α,β-unsaturated/α-hetero) is 1. The first-order chi connectivity index (χ1) is 20.3. The van der Waals surface area contributed by atoms with Gasteiger partial charge in [-0.15, -0.1) is 0 Å². The normalized spacial score (nSPS) is 12.7. The van der Waals surface area contributed by atoms with Crippen LogP contribution in [0.5, 0.6) is 5.75 Å². The van der Waals surface area contributed by atoms with Gasteiger partial charge in [0, 0.05) is 47.8 Å². The number of likely N-dealkylation sites (tertiary alicyclic amines) is 1. The lowest BCUT2D eigenvalue weighted by atomic mass is 10.0. The molecule has 0 spiro atoms. The Balaban J connectivity index is 0.000000646. The summed E-state index contributed by atoms with van der Waals surface area (Å²) in [5.41, 5.74) is 7.29. The third kappa shape index (κ3) is 8.89. The number of aromatic nitrogens is 1. The maximum atomic E-state index is 12.5. The number of carbonyl (C=O) groups excluding carboxylic acids is 3. The maximum absolute atomic E-state index is 12.5. The van der Waals surface area contributed by atoms with Crippen molar-refractivity contribution < 1.29 is 52.1 Å². The largest absolute Gasteiger partial charge is 0.491 e. The van der Waals surface area contributed by atoms with Crippen molar-refractivity contribution in [1.29, 1.82) is 0 Å². The van der Waals surface area contributed by atoms with Crippen LogP contribution in [0.25, 0.3) is 10.8 Å². The number of nitrogens with one attached hydrogen (secondary N) is 1. The number of nitrogens with two attached hydrogens (primary N) is 1. The lowest BCUT2D eigenvalue weighted by Crippen LogP contribution is -2.29. The van der Waals surface area contributed by atoms with Gasteiger partial charge in [0.25, 0.3) is 11.8 Å². The average molecular weight is 605 g/mol. The average Bonchev–Trinajstić information content (AvgIpc) is 3.50. The zero-order valence-electron chi connectivity index (χ0n) is 22.5. The highest BCUT2D eigenvalue weighted by Crippen LogP contribution is 2.29. The summed E-state index contributed by atoms with van der Waals surface area (Å²) in [5.74, 6) is -5.06. The maximum Gasteiger partial charge on any atom is 0.490 e. The van der Waals surface area contributed by atoms with Crippen molar-refractivity contribution in [3.05, 3.63) is 65.4 Å². The smallest absolute Gasteiger partial charge is 0.490 e. The molecule has 228 valence electrons. The van der Waals surface area contributed by atoms with E-state index in [-0.39, 0.29) is 43.0 Å². The zero-order chi connectivity index (χ0) is 31.7. The number of ketones is 1. The summed E-state index contributed by atoms with van der Waals surface area (Å²) < 4.78 is 37.5. The van der Waals surface area contributed by atoms with Gasteiger partial charge in [-0.25, -0.2) is 14.6 Å². The fraction of sp³-hybridized carbons (Fsp3) is 0.286. The molecule has 2 amide bonds. The van der Waals surface area contributed by atoms with Gasteiger partial charge in [0.1, 0.15) is 18.2 Å². The van der Waals surface area contributed by atoms with Crippen molar-refractivity contribution >= 4 is 46.1 Å². The van der Waals surface area contributed by atoms with Gasteiger partial charge < -0.3 is 30.9 Å². The van der Waals surface area contributed by atoms with Crippen LogP contribution in [0.1, 0.15) is 39.1 Å². The molecule has 5 N–H and O–H groups in total. The highest BCUT2D eigenvalue weighted by Gasteiger charge is 2.38. The second kappa shape index (κ2) is 14.1. The molecule has 43 heavy (non-hydrogen) atoms. The van der Waals surface area contributed by atoms with E-state index in [1.807, 2.05) is 0 Å². The molecule has 1 aliphatic rings. The number of amides is 2. The number of aliphatic carboxylic acids is 2. The Bertz CT molecular complexity index is 1520. The van der Waals surface area contributed by atoms with Crippen LogP contribution in [0.4, 0.5) is 19.0 Å². The molecule has 3 aromatic rings. The van der Waals surface area contributed by atoms with Crippen LogP contribution >= 0.6 is 0 Å². The molecule has 2 aromatic carbocycles. The highest BCUT2D eigenvalue weighted by molar-refractivity contribution is 6.33. The molecule has 0 saturated carbocycles. The van der Waals surface area contributed by atoms with Gasteiger partial charge in [0.2, 0.25) is 5.78 Å². The topological polar surface area (TPSA) is 189 Å². The van der Waals surface area contributed by atoms with Crippen molar-refractivity contribution in [2.45, 2.75) is 25.4 Å². The quantitative estimate of drug-likeness (QED) is 0.209. The number of carboxylic acids is 2. The Morgan fingerprint density at radius 1 is 0.977 bits per heavy atom. The number of fused-ring (bicyclic) bond motifs is 1. The molecule has 4 rings (SSSR count). The number of ether oxygens (including phenoxy) is 1. The summed E-state index contributed by atoms with van der Waals surface area (Å²) in [7, 11) is 0. The third-order valence-electron chi connectivity index (χ3n) is 6.24. The van der Waals surface area contributed by atoms with Crippen molar-refractivity contribution in [2.75, 3.05) is 32.0 Å². The molecule has 0 unspecified atom stereocenters. The lowest BCUT2D eigenvalue weighted by molar-refractivity contribution is -0.192. The fourth-order valence-corrected chi connectivity index (χ4v) is 4.09. The molecule has 1 aliphatic heterocycles. The van der Waals surface area contributed by atoms with Gasteiger partial charge in [-0.05, 0) is 60.7 Å². The molecule has 0 bridgehead atoms. The number of hydrogen-bond donors (Lipinski definition) is 4. The van der Waals surface area contributed by atoms with Crippen molar-refractivity contribution in [3.8, 4) is 5.75 Å². The second-order valence-electron chi connectivity index (χ2n) is 9.27. The summed E-state index contributed by atoms with van der Waals surface area (Å²) in [5, 5.41) is 20.2. The molecule has 0 aliphatic carbocycles. The SMILES string of the molecule is Nc1nccc2cc(CC(=O)C(=O)O)c(OCCNC(=O)c3ccc(C(=O)N4CCCC4)cc3)cc12.O=C(O)C(F)(F)F. The minimum atomic E-state index is -5.08. The van der Waals surface area contributed by atoms with Gasteiger partial charge in [-0.1, -0.05) is 0 Å². The molecule has 0 radical (unpaired) electrons. The van der Waals surface area contributed by atoms with Crippen LogP contribution in [-0.2, 0) is 20.8 Å². The van der Waals surface area contributed by atoms with Crippen molar-refractivity contribution in [3.63, 3.8) is 0 Å². The summed E-state index contributed by atoms with van der Waals surface area (Å²) in [6, 6.07) is 11.5. The Labute approximate surface area is 242 Å². The van der Waals surface area contributed by atoms with E-state index < -0.39 is 23.9 Å². The molecule has 1 saturated heterocycles. The number of halogens is 3. The first kappa shape index (κ1) is 32.3. The number of hydrogen-bond acceptors (Lipinski definition) is 8. The lowest BCUT2D eigenvalue weighted by Gasteiger charge is -2.15. The predicted molar refractivity (Wildman–Crippen MR) is 146 cm³/mol. The van der Waals surface area contributed by atoms with Crippen LogP contribution in [0, 0.1) is 0 Å². The highest BCUT2D eigenvalue weighted by atomic mass is 19.4. The number of alkyl halides is 3. The third-order valence-corrected chi connectivity index (χ3v) is 6.24. The van der Waals surface area contributed by atoms with Crippen LogP contribution in [0.2, 0.25) is 0 Å². The number of nitrogens with zero attached hydrogens (tertiary/aromatic N) is 2. The van der Waals surface area contributed by atoms with E-state index in [1.54, 1.807) is 47.4 Å². The van der Waals surface area contributed by atoms with E-state index in [0.717, 1.165) is 25.9 Å². The molecule has 1 aromatic heterocycles. The Morgan fingerprint density at radius 3 is 2.16 bits per heavy atom. The fourth-order valence-electron chi connectivity index (χ4n) is 4.09. The Morgan fingerprint density at radius 2 is 1.58 bits per heavy atom. The van der Waals surface area contributed by atoms with Crippen molar-refractivity contribution in [2.24, 2.45) is 0 Å². The zero-order valence-corrected chi connectivity index (χ0v) is 22.5. The molecule has 15 heteroatoms. The Hall–Kier alpha value is -5.21. The van der Waals surface area contributed by atoms with Gasteiger partial charge in [-0.3, -0.25) is 14.4 Å². The monoisotopic (exact) mass is 604 g/mol. The number of rotatable bonds is 9. The van der Waals surface area contributed by atoms with E-state index in [4.69, 9.17) is 25.5 Å². The molecule has 2 heterocycles. The first-order valence-corrected chi connectivity index (χ1v) is 12.8. The Kier molecular flexibility index (Phi) is 10.6. The molecule has 12 nitrogen and oxygen atoms in total. The van der Waals surface area contributed by atoms with Crippen molar-refractivity contribution in [1.82, 2.24) is 15.2 Å². The molecule has 1 fully saturated rings. The number of carboxylic acid groups (broad SMARTS) is 2. The summed E-state index contributed by atoms with van der Waals surface area (Å²) in [6.07, 6.45) is -1.90. The van der Waals surface area contributed by atoms with Crippen LogP contribution in [-0.4, -0.2) is 82.1 Å². The van der Waals surface area contributed by atoms with Gasteiger partial charge in [-0.2, -0.15) is 13.2 Å².